The minimum Gasteiger partial charge on any atom is -0.357 e. The summed E-state index contributed by atoms with van der Waals surface area (Å²) in [6.07, 6.45) is 3.40. The van der Waals surface area contributed by atoms with Gasteiger partial charge in [-0.05, 0) is 32.3 Å². The zero-order valence-corrected chi connectivity index (χ0v) is 15.3. The summed E-state index contributed by atoms with van der Waals surface area (Å²) >= 11 is 1.71. The Hall–Kier alpha value is -1.88. The highest BCUT2D eigenvalue weighted by molar-refractivity contribution is 7.09. The van der Waals surface area contributed by atoms with Crippen LogP contribution in [0.3, 0.4) is 0 Å². The van der Waals surface area contributed by atoms with Gasteiger partial charge in [-0.3, -0.25) is 4.99 Å². The van der Waals surface area contributed by atoms with Crippen molar-refractivity contribution in [1.29, 1.82) is 0 Å². The zero-order valence-electron chi connectivity index (χ0n) is 14.5. The van der Waals surface area contributed by atoms with E-state index >= 15 is 0 Å². The molecule has 1 heterocycles. The molecule has 0 amide bonds. The first-order chi connectivity index (χ1) is 11.7. The molecule has 3 rings (SSSR count). The molecule has 2 N–H and O–H groups in total. The van der Waals surface area contributed by atoms with Gasteiger partial charge < -0.3 is 10.6 Å². The average Bonchev–Trinajstić information content (AvgIpc) is 3.29. The number of nitrogens with one attached hydrogen (secondary N) is 2. The van der Waals surface area contributed by atoms with E-state index in [4.69, 9.17) is 4.99 Å². The first-order valence-corrected chi connectivity index (χ1v) is 9.58. The van der Waals surface area contributed by atoms with Gasteiger partial charge in [0.05, 0.1) is 17.2 Å². The maximum absolute atomic E-state index is 4.84. The topological polar surface area (TPSA) is 49.3 Å². The second-order valence-corrected chi connectivity index (χ2v) is 7.44. The lowest BCUT2D eigenvalue weighted by atomic mass is 9.96. The van der Waals surface area contributed by atoms with Gasteiger partial charge in [-0.25, -0.2) is 4.98 Å². The van der Waals surface area contributed by atoms with Crippen LogP contribution >= 0.6 is 11.3 Å². The van der Waals surface area contributed by atoms with Crippen LogP contribution in [0.2, 0.25) is 0 Å². The average molecular weight is 343 g/mol. The highest BCUT2D eigenvalue weighted by Gasteiger charge is 2.43. The molecule has 1 aromatic carbocycles. The molecule has 128 valence electrons. The molecule has 0 aliphatic heterocycles. The number of aryl methyl sites for hydroxylation is 1. The molecule has 1 fully saturated rings. The highest BCUT2D eigenvalue weighted by atomic mass is 32.1. The van der Waals surface area contributed by atoms with Gasteiger partial charge in [-0.15, -0.1) is 11.3 Å². The van der Waals surface area contributed by atoms with Crippen molar-refractivity contribution < 1.29 is 0 Å². The molecule has 5 heteroatoms. The second-order valence-electron chi connectivity index (χ2n) is 6.38. The fourth-order valence-electron chi connectivity index (χ4n) is 2.88. The van der Waals surface area contributed by atoms with E-state index in [1.165, 1.54) is 18.4 Å². The lowest BCUT2D eigenvalue weighted by Crippen LogP contribution is -2.39. The summed E-state index contributed by atoms with van der Waals surface area (Å²) in [6, 6.07) is 10.8. The quantitative estimate of drug-likeness (QED) is 0.600. The van der Waals surface area contributed by atoms with E-state index in [1.807, 2.05) is 6.92 Å². The number of guanidine groups is 1. The second kappa shape index (κ2) is 7.79. The van der Waals surface area contributed by atoms with Crippen molar-refractivity contribution in [2.75, 3.05) is 19.6 Å². The maximum atomic E-state index is 4.84. The van der Waals surface area contributed by atoms with Crippen molar-refractivity contribution in [3.8, 4) is 0 Å². The van der Waals surface area contributed by atoms with E-state index < -0.39 is 0 Å². The molecule has 1 saturated carbocycles. The van der Waals surface area contributed by atoms with Crippen LogP contribution < -0.4 is 10.6 Å². The SMILES string of the molecule is CCNC(=NCC1(c2ccccc2)CC1)NCCc1csc(C)n1. The van der Waals surface area contributed by atoms with Crippen LogP contribution in [-0.2, 0) is 11.8 Å². The van der Waals surface area contributed by atoms with Gasteiger partial charge in [0.25, 0.3) is 0 Å². The molecule has 0 saturated heterocycles. The number of nitrogens with zero attached hydrogens (tertiary/aromatic N) is 2. The van der Waals surface area contributed by atoms with Gasteiger partial charge >= 0.3 is 0 Å². The number of rotatable bonds is 7. The van der Waals surface area contributed by atoms with Crippen LogP contribution in [0.5, 0.6) is 0 Å². The Bertz CT molecular complexity index is 674. The van der Waals surface area contributed by atoms with Crippen LogP contribution in [0.25, 0.3) is 0 Å². The molecular weight excluding hydrogens is 316 g/mol. The number of hydrogen-bond acceptors (Lipinski definition) is 3. The predicted molar refractivity (Wildman–Crippen MR) is 102 cm³/mol. The molecule has 0 radical (unpaired) electrons. The fourth-order valence-corrected chi connectivity index (χ4v) is 3.53. The monoisotopic (exact) mass is 342 g/mol. The number of benzene rings is 1. The van der Waals surface area contributed by atoms with E-state index in [9.17, 15) is 0 Å². The van der Waals surface area contributed by atoms with E-state index in [-0.39, 0.29) is 5.41 Å². The van der Waals surface area contributed by atoms with Crippen LogP contribution in [0.15, 0.2) is 40.7 Å². The third-order valence-electron chi connectivity index (χ3n) is 4.46. The molecule has 2 aromatic rings. The predicted octanol–water partition coefficient (Wildman–Crippen LogP) is 3.28. The molecule has 1 aliphatic rings. The highest BCUT2D eigenvalue weighted by Crippen LogP contribution is 2.48. The number of aromatic nitrogens is 1. The smallest absolute Gasteiger partial charge is 0.191 e. The molecule has 0 atom stereocenters. The van der Waals surface area contributed by atoms with Gasteiger partial charge in [-0.2, -0.15) is 0 Å². The van der Waals surface area contributed by atoms with Gasteiger partial charge in [0.1, 0.15) is 0 Å². The number of thiazole rings is 1. The van der Waals surface area contributed by atoms with E-state index in [0.29, 0.717) is 0 Å². The summed E-state index contributed by atoms with van der Waals surface area (Å²) in [5, 5.41) is 10.0. The summed E-state index contributed by atoms with van der Waals surface area (Å²) in [7, 11) is 0. The third kappa shape index (κ3) is 4.35. The first kappa shape index (κ1) is 17.0. The van der Waals surface area contributed by atoms with E-state index in [1.54, 1.807) is 11.3 Å². The Kier molecular flexibility index (Phi) is 5.51. The van der Waals surface area contributed by atoms with Gasteiger partial charge in [-0.1, -0.05) is 30.3 Å². The first-order valence-electron chi connectivity index (χ1n) is 8.70. The summed E-state index contributed by atoms with van der Waals surface area (Å²) < 4.78 is 0. The van der Waals surface area contributed by atoms with Crippen molar-refractivity contribution in [3.05, 3.63) is 52.0 Å². The zero-order chi connectivity index (χ0) is 16.8. The molecule has 24 heavy (non-hydrogen) atoms. The molecule has 4 nitrogen and oxygen atoms in total. The van der Waals surface area contributed by atoms with Crippen LogP contribution in [0, 0.1) is 6.92 Å². The molecule has 0 bridgehead atoms. The third-order valence-corrected chi connectivity index (χ3v) is 5.29. The molecule has 1 aliphatic carbocycles. The van der Waals surface area contributed by atoms with Crippen molar-refractivity contribution in [2.45, 2.75) is 38.5 Å². The van der Waals surface area contributed by atoms with E-state index in [0.717, 1.165) is 42.7 Å². The van der Waals surface area contributed by atoms with Crippen LogP contribution in [0.4, 0.5) is 0 Å². The largest absolute Gasteiger partial charge is 0.357 e. The molecule has 1 aromatic heterocycles. The Morgan fingerprint density at radius 3 is 2.67 bits per heavy atom. The Morgan fingerprint density at radius 2 is 2.04 bits per heavy atom. The number of hydrogen-bond donors (Lipinski definition) is 2. The van der Waals surface area contributed by atoms with Gasteiger partial charge in [0, 0.05) is 30.3 Å². The van der Waals surface area contributed by atoms with Gasteiger partial charge in [0.2, 0.25) is 0 Å². The van der Waals surface area contributed by atoms with Crippen LogP contribution in [0.1, 0.15) is 36.0 Å². The molecule has 0 unspecified atom stereocenters. The normalized spacial score (nSPS) is 16.0. The lowest BCUT2D eigenvalue weighted by Gasteiger charge is -2.15. The Morgan fingerprint density at radius 1 is 1.25 bits per heavy atom. The minimum atomic E-state index is 0.260. The van der Waals surface area contributed by atoms with Crippen molar-refractivity contribution in [2.24, 2.45) is 4.99 Å². The maximum Gasteiger partial charge on any atom is 0.191 e. The lowest BCUT2D eigenvalue weighted by molar-refractivity contribution is 0.691. The summed E-state index contributed by atoms with van der Waals surface area (Å²) in [5.41, 5.74) is 2.83. The standard InChI is InChI=1S/C19H26N4S/c1-3-20-18(21-12-9-17-13-24-15(2)23-17)22-14-19(10-11-19)16-7-5-4-6-8-16/h4-8,13H,3,9-12,14H2,1-2H3,(H2,20,21,22). The molecule has 0 spiro atoms. The van der Waals surface area contributed by atoms with Crippen LogP contribution in [-0.4, -0.2) is 30.6 Å². The Labute approximate surface area is 148 Å². The summed E-state index contributed by atoms with van der Waals surface area (Å²) in [4.78, 5) is 9.34. The molecular formula is C19H26N4S. The Balaban J connectivity index is 1.55. The summed E-state index contributed by atoms with van der Waals surface area (Å²) in [5.74, 6) is 0.909. The minimum absolute atomic E-state index is 0.260. The van der Waals surface area contributed by atoms with E-state index in [2.05, 4.69) is 58.3 Å². The summed E-state index contributed by atoms with van der Waals surface area (Å²) in [6.45, 7) is 6.73. The van der Waals surface area contributed by atoms with Crippen molar-refractivity contribution in [3.63, 3.8) is 0 Å². The fraction of sp³-hybridized carbons (Fsp3) is 0.474. The van der Waals surface area contributed by atoms with Crippen molar-refractivity contribution >= 4 is 17.3 Å². The van der Waals surface area contributed by atoms with Gasteiger partial charge in [0.15, 0.2) is 5.96 Å². The number of aliphatic imine (C=N–C) groups is 1. The van der Waals surface area contributed by atoms with Crippen molar-refractivity contribution in [1.82, 2.24) is 15.6 Å².